The van der Waals surface area contributed by atoms with Crippen molar-refractivity contribution in [2.75, 3.05) is 24.2 Å². The number of ether oxygens (including phenoxy) is 2. The zero-order valence-corrected chi connectivity index (χ0v) is 25.1. The van der Waals surface area contributed by atoms with E-state index in [1.165, 1.54) is 4.90 Å². The van der Waals surface area contributed by atoms with Gasteiger partial charge in [-0.25, -0.2) is 8.42 Å². The lowest BCUT2D eigenvalue weighted by molar-refractivity contribution is -0.140. The second kappa shape index (κ2) is 14.5. The second-order valence-electron chi connectivity index (χ2n) is 10.00. The van der Waals surface area contributed by atoms with E-state index in [2.05, 4.69) is 5.32 Å². The summed E-state index contributed by atoms with van der Waals surface area (Å²) in [7, 11) is -2.29. The molecule has 3 aromatic carbocycles. The van der Waals surface area contributed by atoms with Gasteiger partial charge in [0.2, 0.25) is 21.8 Å². The number of hydrogen-bond donors (Lipinski definition) is 1. The molecule has 0 heterocycles. The zero-order chi connectivity index (χ0) is 30.0. The van der Waals surface area contributed by atoms with Crippen LogP contribution < -0.4 is 19.1 Å². The molecule has 0 aromatic heterocycles. The van der Waals surface area contributed by atoms with Crippen LogP contribution in [0.3, 0.4) is 0 Å². The van der Waals surface area contributed by atoms with E-state index in [1.807, 2.05) is 57.2 Å². The largest absolute Gasteiger partial charge is 0.497 e. The van der Waals surface area contributed by atoms with Crippen LogP contribution in [0.25, 0.3) is 0 Å². The van der Waals surface area contributed by atoms with Crippen molar-refractivity contribution in [1.29, 1.82) is 0 Å². The van der Waals surface area contributed by atoms with Crippen LogP contribution in [0, 0.1) is 0 Å². The van der Waals surface area contributed by atoms with E-state index in [-0.39, 0.29) is 18.5 Å². The van der Waals surface area contributed by atoms with Gasteiger partial charge in [-0.15, -0.1) is 0 Å². The first-order chi connectivity index (χ1) is 19.5. The van der Waals surface area contributed by atoms with E-state index in [9.17, 15) is 18.0 Å². The van der Waals surface area contributed by atoms with E-state index in [0.29, 0.717) is 30.2 Å². The molecule has 0 bridgehead atoms. The van der Waals surface area contributed by atoms with Crippen LogP contribution in [0.1, 0.15) is 38.3 Å². The van der Waals surface area contributed by atoms with Crippen LogP contribution in [-0.4, -0.2) is 57.1 Å². The van der Waals surface area contributed by atoms with Crippen LogP contribution in [0.2, 0.25) is 0 Å². The average molecular weight is 582 g/mol. The molecule has 0 aliphatic heterocycles. The van der Waals surface area contributed by atoms with Gasteiger partial charge in [-0.3, -0.25) is 13.9 Å². The Balaban J connectivity index is 1.86. The molecule has 0 unspecified atom stereocenters. The Morgan fingerprint density at radius 1 is 0.902 bits per heavy atom. The maximum absolute atomic E-state index is 13.8. The quantitative estimate of drug-likeness (QED) is 0.303. The summed E-state index contributed by atoms with van der Waals surface area (Å²) in [5.74, 6) is 0.369. The number of carbonyl (C=O) groups excluding carboxylic acids is 2. The number of carbonyl (C=O) groups is 2. The number of rotatable bonds is 14. The van der Waals surface area contributed by atoms with Crippen LogP contribution in [0.5, 0.6) is 11.5 Å². The van der Waals surface area contributed by atoms with Crippen molar-refractivity contribution < 1.29 is 27.5 Å². The van der Waals surface area contributed by atoms with Crippen LogP contribution >= 0.6 is 0 Å². The molecule has 1 atom stereocenters. The van der Waals surface area contributed by atoms with Crippen molar-refractivity contribution in [3.05, 3.63) is 90.0 Å². The fourth-order valence-corrected chi connectivity index (χ4v) is 5.18. The molecule has 0 spiro atoms. The molecule has 0 saturated heterocycles. The SMILES string of the molecule is CC[C@H](C(=O)NC(C)C)N(Cc1cccc(OC)c1)C(=O)CN(c1ccc(OCc2ccccc2)cc1)S(C)(=O)=O. The lowest BCUT2D eigenvalue weighted by Gasteiger charge is -2.33. The molecule has 0 radical (unpaired) electrons. The number of nitrogens with one attached hydrogen (secondary N) is 1. The molecule has 3 aromatic rings. The highest BCUT2D eigenvalue weighted by Gasteiger charge is 2.32. The van der Waals surface area contributed by atoms with Crippen LogP contribution in [0.4, 0.5) is 5.69 Å². The molecular weight excluding hydrogens is 542 g/mol. The summed E-state index contributed by atoms with van der Waals surface area (Å²) in [6.07, 6.45) is 1.40. The normalized spacial score (nSPS) is 12.0. The summed E-state index contributed by atoms with van der Waals surface area (Å²) in [6.45, 7) is 5.50. The summed E-state index contributed by atoms with van der Waals surface area (Å²) < 4.78 is 37.9. The van der Waals surface area contributed by atoms with Crippen LogP contribution in [-0.2, 0) is 32.8 Å². The number of benzene rings is 3. The molecule has 9 nitrogen and oxygen atoms in total. The first-order valence-electron chi connectivity index (χ1n) is 13.5. The predicted molar refractivity (Wildman–Crippen MR) is 160 cm³/mol. The minimum atomic E-state index is -3.85. The molecule has 0 aliphatic carbocycles. The molecular formula is C31H39N3O6S. The molecule has 10 heteroatoms. The summed E-state index contributed by atoms with van der Waals surface area (Å²) in [6, 6.07) is 22.5. The minimum Gasteiger partial charge on any atom is -0.497 e. The summed E-state index contributed by atoms with van der Waals surface area (Å²) in [5, 5.41) is 2.88. The third-order valence-corrected chi connectivity index (χ3v) is 7.50. The van der Waals surface area contributed by atoms with Gasteiger partial charge in [0.15, 0.2) is 0 Å². The van der Waals surface area contributed by atoms with E-state index >= 15 is 0 Å². The first-order valence-corrected chi connectivity index (χ1v) is 15.3. The van der Waals surface area contributed by atoms with Crippen molar-refractivity contribution in [1.82, 2.24) is 10.2 Å². The smallest absolute Gasteiger partial charge is 0.244 e. The first kappa shape index (κ1) is 31.5. The highest BCUT2D eigenvalue weighted by Crippen LogP contribution is 2.24. The molecule has 220 valence electrons. The highest BCUT2D eigenvalue weighted by atomic mass is 32.2. The van der Waals surface area contributed by atoms with Crippen molar-refractivity contribution in [3.8, 4) is 11.5 Å². The van der Waals surface area contributed by atoms with E-state index in [4.69, 9.17) is 9.47 Å². The topological polar surface area (TPSA) is 105 Å². The van der Waals surface area contributed by atoms with E-state index in [0.717, 1.165) is 21.7 Å². The Kier molecular flexibility index (Phi) is 11.2. The van der Waals surface area contributed by atoms with Crippen LogP contribution in [0.15, 0.2) is 78.9 Å². The predicted octanol–water partition coefficient (Wildman–Crippen LogP) is 4.37. The maximum atomic E-state index is 13.8. The molecule has 0 saturated carbocycles. The number of methoxy groups -OCH3 is 1. The van der Waals surface area contributed by atoms with E-state index < -0.39 is 28.5 Å². The summed E-state index contributed by atoms with van der Waals surface area (Å²) >= 11 is 0. The van der Waals surface area contributed by atoms with Crippen molar-refractivity contribution in [2.24, 2.45) is 0 Å². The lowest BCUT2D eigenvalue weighted by Crippen LogP contribution is -2.53. The second-order valence-corrected chi connectivity index (χ2v) is 11.9. The van der Waals surface area contributed by atoms with Gasteiger partial charge < -0.3 is 19.7 Å². The highest BCUT2D eigenvalue weighted by molar-refractivity contribution is 7.92. The average Bonchev–Trinajstić information content (AvgIpc) is 2.94. The molecule has 0 aliphatic rings. The third-order valence-electron chi connectivity index (χ3n) is 6.36. The minimum absolute atomic E-state index is 0.101. The molecule has 1 N–H and O–H groups in total. The van der Waals surface area contributed by atoms with Gasteiger partial charge in [-0.2, -0.15) is 0 Å². The van der Waals surface area contributed by atoms with Gasteiger partial charge >= 0.3 is 0 Å². The molecule has 3 rings (SSSR count). The Hall–Kier alpha value is -4.05. The van der Waals surface area contributed by atoms with Gasteiger partial charge in [-0.05, 0) is 67.8 Å². The maximum Gasteiger partial charge on any atom is 0.244 e. The zero-order valence-electron chi connectivity index (χ0n) is 24.2. The summed E-state index contributed by atoms with van der Waals surface area (Å²) in [5.41, 5.74) is 2.07. The van der Waals surface area contributed by atoms with Crippen molar-refractivity contribution in [3.63, 3.8) is 0 Å². The van der Waals surface area contributed by atoms with Gasteiger partial charge in [0.05, 0.1) is 19.1 Å². The Bertz CT molecular complexity index is 1390. The number of anilines is 1. The van der Waals surface area contributed by atoms with Gasteiger partial charge in [0, 0.05) is 12.6 Å². The van der Waals surface area contributed by atoms with E-state index in [1.54, 1.807) is 49.6 Å². The van der Waals surface area contributed by atoms with Gasteiger partial charge in [0.1, 0.15) is 30.7 Å². The fraction of sp³-hybridized carbons (Fsp3) is 0.355. The Morgan fingerprint density at radius 2 is 1.56 bits per heavy atom. The summed E-state index contributed by atoms with van der Waals surface area (Å²) in [4.78, 5) is 28.4. The number of nitrogens with zero attached hydrogens (tertiary/aromatic N) is 2. The molecule has 0 fully saturated rings. The monoisotopic (exact) mass is 581 g/mol. The van der Waals surface area contributed by atoms with Gasteiger partial charge in [0.25, 0.3) is 0 Å². The van der Waals surface area contributed by atoms with Gasteiger partial charge in [-0.1, -0.05) is 49.4 Å². The third kappa shape index (κ3) is 9.24. The Labute approximate surface area is 243 Å². The number of hydrogen-bond acceptors (Lipinski definition) is 6. The number of sulfonamides is 1. The Morgan fingerprint density at radius 3 is 2.15 bits per heavy atom. The number of amides is 2. The molecule has 2 amide bonds. The standard InChI is InChI=1S/C31H39N3O6S/c1-6-29(31(36)32-23(2)3)33(20-25-13-10-14-28(19-25)39-4)30(35)21-34(41(5,37)38)26-15-17-27(18-16-26)40-22-24-11-8-7-9-12-24/h7-19,23,29H,6,20-22H2,1-5H3,(H,32,36)/t29-/m1/s1. The fourth-order valence-electron chi connectivity index (χ4n) is 4.33. The lowest BCUT2D eigenvalue weighted by atomic mass is 10.1. The van der Waals surface area contributed by atoms with Crippen molar-refractivity contribution in [2.45, 2.75) is 52.4 Å². The van der Waals surface area contributed by atoms with Crippen molar-refractivity contribution >= 4 is 27.5 Å². The molecule has 41 heavy (non-hydrogen) atoms.